The fourth-order valence-corrected chi connectivity index (χ4v) is 2.92. The van der Waals surface area contributed by atoms with Crippen LogP contribution in [-0.4, -0.2) is 47.5 Å². The van der Waals surface area contributed by atoms with Crippen molar-refractivity contribution in [3.05, 3.63) is 12.4 Å². The number of rotatable bonds is 9. The molecule has 0 amide bonds. The number of aliphatic hydroxyl groups excluding tert-OH is 1. The van der Waals surface area contributed by atoms with Gasteiger partial charge < -0.3 is 10.2 Å². The van der Waals surface area contributed by atoms with Crippen LogP contribution in [-0.2, 0) is 21.4 Å². The Morgan fingerprint density at radius 1 is 1.48 bits per heavy atom. The summed E-state index contributed by atoms with van der Waals surface area (Å²) in [6.07, 6.45) is 3.58. The number of aliphatic carboxylic acids is 1. The first-order chi connectivity index (χ1) is 9.66. The molecule has 0 aliphatic heterocycles. The predicted octanol–water partition coefficient (Wildman–Crippen LogP) is 0.0447. The summed E-state index contributed by atoms with van der Waals surface area (Å²) >= 11 is 0. The average molecular weight is 319 g/mol. The highest BCUT2D eigenvalue weighted by molar-refractivity contribution is 7.89. The molecule has 1 heterocycles. The number of hydrogen-bond acceptors (Lipinski definition) is 5. The van der Waals surface area contributed by atoms with Crippen LogP contribution in [0, 0.1) is 5.41 Å². The molecule has 9 heteroatoms. The Kier molecular flexibility index (Phi) is 5.87. The largest absolute Gasteiger partial charge is 0.480 e. The smallest absolute Gasteiger partial charge is 0.325 e. The Hall–Kier alpha value is -1.45. The van der Waals surface area contributed by atoms with Crippen LogP contribution in [0.3, 0.4) is 0 Å². The maximum atomic E-state index is 12.1. The molecule has 8 nitrogen and oxygen atoms in total. The molecule has 1 rings (SSSR count). The summed E-state index contributed by atoms with van der Waals surface area (Å²) in [7, 11) is -3.72. The number of hydrogen-bond donors (Lipinski definition) is 3. The van der Waals surface area contributed by atoms with Crippen molar-refractivity contribution in [2.45, 2.75) is 38.1 Å². The van der Waals surface area contributed by atoms with E-state index in [0.717, 1.165) is 10.9 Å². The van der Waals surface area contributed by atoms with Gasteiger partial charge in [-0.3, -0.25) is 9.48 Å². The number of aromatic nitrogens is 2. The van der Waals surface area contributed by atoms with Gasteiger partial charge in [0.1, 0.15) is 11.4 Å². The van der Waals surface area contributed by atoms with Crippen molar-refractivity contribution in [2.24, 2.45) is 5.41 Å². The highest BCUT2D eigenvalue weighted by Crippen LogP contribution is 2.21. The van der Waals surface area contributed by atoms with E-state index in [1.54, 1.807) is 0 Å². The Labute approximate surface area is 123 Å². The summed E-state index contributed by atoms with van der Waals surface area (Å²) in [5.41, 5.74) is -0.285. The molecule has 0 saturated carbocycles. The first kappa shape index (κ1) is 17.6. The molecule has 0 bridgehead atoms. The summed E-state index contributed by atoms with van der Waals surface area (Å²) in [6.45, 7) is 3.70. The van der Waals surface area contributed by atoms with Gasteiger partial charge in [-0.15, -0.1) is 0 Å². The topological polar surface area (TPSA) is 122 Å². The number of aliphatic hydroxyl groups is 1. The van der Waals surface area contributed by atoms with Crippen LogP contribution in [0.25, 0.3) is 0 Å². The molecular weight excluding hydrogens is 298 g/mol. The lowest BCUT2D eigenvalue weighted by Gasteiger charge is -2.24. The third-order valence-corrected chi connectivity index (χ3v) is 4.33. The average Bonchev–Trinajstić information content (AvgIpc) is 2.83. The quantitative estimate of drug-likeness (QED) is 0.591. The highest BCUT2D eigenvalue weighted by atomic mass is 32.2. The lowest BCUT2D eigenvalue weighted by molar-refractivity contribution is -0.137. The second-order valence-corrected chi connectivity index (χ2v) is 7.35. The van der Waals surface area contributed by atoms with Crippen LogP contribution < -0.4 is 4.72 Å². The van der Waals surface area contributed by atoms with Crippen LogP contribution in [0.5, 0.6) is 0 Å². The molecule has 1 aromatic heterocycles. The molecular formula is C12H21N3O5S. The number of carboxylic acids is 1. The van der Waals surface area contributed by atoms with Gasteiger partial charge in [-0.05, 0) is 18.3 Å². The lowest BCUT2D eigenvalue weighted by atomic mass is 9.88. The molecule has 0 saturated heterocycles. The number of sulfonamides is 1. The summed E-state index contributed by atoms with van der Waals surface area (Å²) in [5, 5.41) is 21.1. The minimum Gasteiger partial charge on any atom is -0.480 e. The molecule has 0 atom stereocenters. The molecule has 21 heavy (non-hydrogen) atoms. The van der Waals surface area contributed by atoms with Crippen molar-refractivity contribution < 1.29 is 23.4 Å². The van der Waals surface area contributed by atoms with Crippen LogP contribution >= 0.6 is 0 Å². The zero-order valence-corrected chi connectivity index (χ0v) is 12.9. The number of nitrogens with one attached hydrogen (secondary N) is 1. The first-order valence-corrected chi connectivity index (χ1v) is 7.99. The van der Waals surface area contributed by atoms with Crippen LogP contribution in [0.4, 0.5) is 0 Å². The van der Waals surface area contributed by atoms with E-state index in [1.165, 1.54) is 6.20 Å². The Morgan fingerprint density at radius 3 is 2.71 bits per heavy atom. The monoisotopic (exact) mass is 319 g/mol. The maximum absolute atomic E-state index is 12.1. The van der Waals surface area contributed by atoms with Crippen molar-refractivity contribution in [1.82, 2.24) is 14.5 Å². The molecule has 0 aliphatic carbocycles. The predicted molar refractivity (Wildman–Crippen MR) is 75.2 cm³/mol. The van der Waals surface area contributed by atoms with Gasteiger partial charge in [-0.2, -0.15) is 5.10 Å². The van der Waals surface area contributed by atoms with Crippen LogP contribution in [0.15, 0.2) is 17.3 Å². The fourth-order valence-electron chi connectivity index (χ4n) is 1.73. The summed E-state index contributed by atoms with van der Waals surface area (Å²) in [4.78, 5) is 10.5. The van der Waals surface area contributed by atoms with E-state index in [4.69, 9.17) is 10.2 Å². The third kappa shape index (κ3) is 5.82. The van der Waals surface area contributed by atoms with Crippen LogP contribution in [0.2, 0.25) is 0 Å². The van der Waals surface area contributed by atoms with E-state index in [-0.39, 0.29) is 23.5 Å². The minimum atomic E-state index is -3.72. The van der Waals surface area contributed by atoms with E-state index < -0.39 is 22.5 Å². The van der Waals surface area contributed by atoms with Crippen molar-refractivity contribution >= 4 is 16.0 Å². The molecule has 120 valence electrons. The van der Waals surface area contributed by atoms with E-state index in [1.807, 2.05) is 13.8 Å². The van der Waals surface area contributed by atoms with Gasteiger partial charge in [0.15, 0.2) is 0 Å². The number of nitrogens with zero attached hydrogens (tertiary/aromatic N) is 2. The van der Waals surface area contributed by atoms with Gasteiger partial charge in [0.25, 0.3) is 0 Å². The van der Waals surface area contributed by atoms with Gasteiger partial charge >= 0.3 is 5.97 Å². The number of carbonyl (C=O) groups is 1. The molecule has 0 aromatic carbocycles. The number of carboxylic acid groups (broad SMARTS) is 1. The van der Waals surface area contributed by atoms with Crippen molar-refractivity contribution in [3.63, 3.8) is 0 Å². The second-order valence-electron chi connectivity index (χ2n) is 5.58. The highest BCUT2D eigenvalue weighted by Gasteiger charge is 2.23. The fraction of sp³-hybridized carbons (Fsp3) is 0.667. The summed E-state index contributed by atoms with van der Waals surface area (Å²) in [6, 6.07) is 0. The van der Waals surface area contributed by atoms with E-state index >= 15 is 0 Å². The van der Waals surface area contributed by atoms with Gasteiger partial charge in [0, 0.05) is 19.3 Å². The Balaban J connectivity index is 2.69. The normalized spacial score (nSPS) is 12.5. The van der Waals surface area contributed by atoms with E-state index in [2.05, 4.69) is 9.82 Å². The molecule has 0 radical (unpaired) electrons. The van der Waals surface area contributed by atoms with Gasteiger partial charge in [0.05, 0.1) is 6.20 Å². The van der Waals surface area contributed by atoms with Gasteiger partial charge in [0.2, 0.25) is 10.0 Å². The van der Waals surface area contributed by atoms with Crippen molar-refractivity contribution in [2.75, 3.05) is 13.2 Å². The van der Waals surface area contributed by atoms with Gasteiger partial charge in [-0.1, -0.05) is 13.8 Å². The zero-order chi connectivity index (χ0) is 16.1. The first-order valence-electron chi connectivity index (χ1n) is 6.51. The summed E-state index contributed by atoms with van der Waals surface area (Å²) in [5.74, 6) is -1.10. The second kappa shape index (κ2) is 7.01. The van der Waals surface area contributed by atoms with Crippen molar-refractivity contribution in [3.8, 4) is 0 Å². The molecule has 0 spiro atoms. The zero-order valence-electron chi connectivity index (χ0n) is 12.1. The van der Waals surface area contributed by atoms with Crippen molar-refractivity contribution in [1.29, 1.82) is 0 Å². The SMILES string of the molecule is CC(C)(CCCO)CNS(=O)(=O)c1cnn(CC(=O)O)c1. The summed E-state index contributed by atoms with van der Waals surface area (Å²) < 4.78 is 27.7. The Bertz CT molecular complexity index is 579. The molecule has 0 aliphatic rings. The molecule has 0 unspecified atom stereocenters. The molecule has 0 fully saturated rings. The molecule has 1 aromatic rings. The maximum Gasteiger partial charge on any atom is 0.325 e. The third-order valence-electron chi connectivity index (χ3n) is 2.97. The standard InChI is InChI=1S/C12H21N3O5S/c1-12(2,4-3-5-16)9-14-21(19,20)10-6-13-15(7-10)8-11(17)18/h6-7,14,16H,3-5,8-9H2,1-2H3,(H,17,18). The Morgan fingerprint density at radius 2 is 2.14 bits per heavy atom. The lowest BCUT2D eigenvalue weighted by Crippen LogP contribution is -2.34. The van der Waals surface area contributed by atoms with E-state index in [0.29, 0.717) is 12.8 Å². The molecule has 3 N–H and O–H groups in total. The van der Waals surface area contributed by atoms with E-state index in [9.17, 15) is 13.2 Å². The van der Waals surface area contributed by atoms with Gasteiger partial charge in [-0.25, -0.2) is 13.1 Å². The van der Waals surface area contributed by atoms with Crippen LogP contribution in [0.1, 0.15) is 26.7 Å². The minimum absolute atomic E-state index is 0.0676.